The molecule has 2 heterocycles. The van der Waals surface area contributed by atoms with Gasteiger partial charge >= 0.3 is 0 Å². The largest absolute Gasteiger partial charge is 0.461 e. The summed E-state index contributed by atoms with van der Waals surface area (Å²) < 4.78 is 5.21. The third-order valence-electron chi connectivity index (χ3n) is 3.90. The first-order valence-electron chi connectivity index (χ1n) is 6.11. The molecule has 1 saturated carbocycles. The number of rotatable bonds is 2. The van der Waals surface area contributed by atoms with E-state index in [1.54, 1.807) is 18.4 Å². The van der Waals surface area contributed by atoms with Crippen molar-refractivity contribution >= 4 is 5.78 Å². The molecule has 3 nitrogen and oxygen atoms in total. The Bertz CT molecular complexity index is 359. The van der Waals surface area contributed by atoms with E-state index in [0.717, 1.165) is 25.9 Å². The van der Waals surface area contributed by atoms with Crippen LogP contribution in [0.15, 0.2) is 22.8 Å². The molecule has 1 unspecified atom stereocenters. The van der Waals surface area contributed by atoms with Gasteiger partial charge in [0.15, 0.2) is 5.76 Å². The maximum absolute atomic E-state index is 12.2. The Morgan fingerprint density at radius 1 is 1.25 bits per heavy atom. The maximum Gasteiger partial charge on any atom is 0.201 e. The Kier molecular flexibility index (Phi) is 2.56. The Balaban J connectivity index is 1.73. The standard InChI is InChI=1S/C13H17NO2/c15-13(12-2-1-3-16-12)11-5-9-4-10(6-11)8-14-7-9/h1-3,9-11,14H,4-8H2/t9-,10+,11?. The molecular formula is C13H17NO2. The van der Waals surface area contributed by atoms with Crippen molar-refractivity contribution in [1.29, 1.82) is 0 Å². The molecule has 1 saturated heterocycles. The summed E-state index contributed by atoms with van der Waals surface area (Å²) in [5, 5.41) is 3.45. The second kappa shape index (κ2) is 4.06. The Hall–Kier alpha value is -1.09. The molecule has 2 bridgehead atoms. The van der Waals surface area contributed by atoms with Gasteiger partial charge in [-0.15, -0.1) is 0 Å². The van der Waals surface area contributed by atoms with Crippen molar-refractivity contribution in [2.45, 2.75) is 19.3 Å². The number of piperidine rings is 1. The highest BCUT2D eigenvalue weighted by atomic mass is 16.3. The van der Waals surface area contributed by atoms with Crippen LogP contribution in [0.25, 0.3) is 0 Å². The molecule has 0 radical (unpaired) electrons. The monoisotopic (exact) mass is 219 g/mol. The summed E-state index contributed by atoms with van der Waals surface area (Å²) >= 11 is 0. The lowest BCUT2D eigenvalue weighted by Gasteiger charge is -2.38. The van der Waals surface area contributed by atoms with Crippen LogP contribution in [0.4, 0.5) is 0 Å². The molecule has 0 amide bonds. The van der Waals surface area contributed by atoms with Gasteiger partial charge in [-0.05, 0) is 56.3 Å². The minimum atomic E-state index is 0.192. The van der Waals surface area contributed by atoms with E-state index in [-0.39, 0.29) is 11.7 Å². The third kappa shape index (κ3) is 1.80. The molecule has 16 heavy (non-hydrogen) atoms. The van der Waals surface area contributed by atoms with Gasteiger partial charge in [0.25, 0.3) is 0 Å². The highest BCUT2D eigenvalue weighted by Crippen LogP contribution is 2.36. The van der Waals surface area contributed by atoms with Gasteiger partial charge in [0.2, 0.25) is 5.78 Å². The summed E-state index contributed by atoms with van der Waals surface area (Å²) in [5.74, 6) is 2.32. The normalized spacial score (nSPS) is 33.6. The van der Waals surface area contributed by atoms with Gasteiger partial charge in [0.1, 0.15) is 0 Å². The van der Waals surface area contributed by atoms with Crippen LogP contribution in [-0.2, 0) is 0 Å². The number of furan rings is 1. The predicted octanol–water partition coefficient (Wildman–Crippen LogP) is 2.10. The highest BCUT2D eigenvalue weighted by Gasteiger charge is 2.35. The number of carbonyl (C=O) groups is 1. The molecule has 1 aliphatic carbocycles. The lowest BCUT2D eigenvalue weighted by atomic mass is 9.71. The van der Waals surface area contributed by atoms with Crippen molar-refractivity contribution in [2.24, 2.45) is 17.8 Å². The minimum Gasteiger partial charge on any atom is -0.461 e. The molecule has 1 aromatic rings. The zero-order valence-electron chi connectivity index (χ0n) is 9.32. The highest BCUT2D eigenvalue weighted by molar-refractivity contribution is 5.95. The van der Waals surface area contributed by atoms with Crippen LogP contribution in [0, 0.1) is 17.8 Å². The second-order valence-corrected chi connectivity index (χ2v) is 5.14. The van der Waals surface area contributed by atoms with Crippen molar-refractivity contribution in [3.05, 3.63) is 24.2 Å². The number of ketones is 1. The molecule has 2 aliphatic rings. The quantitative estimate of drug-likeness (QED) is 0.774. The van der Waals surface area contributed by atoms with Crippen molar-refractivity contribution < 1.29 is 9.21 Å². The van der Waals surface area contributed by atoms with E-state index in [1.165, 1.54) is 6.42 Å². The number of Topliss-reactive ketones (excluding diaryl/α,β-unsaturated/α-hetero) is 1. The topological polar surface area (TPSA) is 42.2 Å². The second-order valence-electron chi connectivity index (χ2n) is 5.14. The molecule has 3 rings (SSSR count). The van der Waals surface area contributed by atoms with Gasteiger partial charge in [-0.3, -0.25) is 4.79 Å². The Labute approximate surface area is 95.2 Å². The van der Waals surface area contributed by atoms with Crippen LogP contribution in [0.5, 0.6) is 0 Å². The SMILES string of the molecule is O=C(c1ccco1)C1C[C@H]2CNC[C@@H](C1)C2. The first-order chi connectivity index (χ1) is 7.83. The average Bonchev–Trinajstić information content (AvgIpc) is 2.81. The molecule has 3 atom stereocenters. The van der Waals surface area contributed by atoms with Gasteiger partial charge in [0, 0.05) is 5.92 Å². The first-order valence-corrected chi connectivity index (χ1v) is 6.11. The van der Waals surface area contributed by atoms with Gasteiger partial charge in [-0.2, -0.15) is 0 Å². The number of hydrogen-bond donors (Lipinski definition) is 1. The van der Waals surface area contributed by atoms with Crippen molar-refractivity contribution in [1.82, 2.24) is 5.32 Å². The third-order valence-corrected chi connectivity index (χ3v) is 3.90. The smallest absolute Gasteiger partial charge is 0.201 e. The van der Waals surface area contributed by atoms with E-state index in [4.69, 9.17) is 4.42 Å². The zero-order valence-corrected chi connectivity index (χ0v) is 9.32. The average molecular weight is 219 g/mol. The number of nitrogens with one attached hydrogen (secondary N) is 1. The molecule has 0 aromatic carbocycles. The van der Waals surface area contributed by atoms with E-state index in [0.29, 0.717) is 17.6 Å². The van der Waals surface area contributed by atoms with E-state index in [1.807, 2.05) is 0 Å². The number of fused-ring (bicyclic) bond motifs is 2. The lowest BCUT2D eigenvalue weighted by molar-refractivity contribution is 0.0754. The van der Waals surface area contributed by atoms with Gasteiger partial charge in [-0.1, -0.05) is 0 Å². The molecule has 1 aliphatic heterocycles. The van der Waals surface area contributed by atoms with E-state index in [9.17, 15) is 4.79 Å². The fourth-order valence-electron chi connectivity index (χ4n) is 3.22. The fraction of sp³-hybridized carbons (Fsp3) is 0.615. The molecule has 1 N–H and O–H groups in total. The van der Waals surface area contributed by atoms with Crippen LogP contribution in [0.2, 0.25) is 0 Å². The van der Waals surface area contributed by atoms with Crippen LogP contribution in [-0.4, -0.2) is 18.9 Å². The molecule has 86 valence electrons. The fourth-order valence-corrected chi connectivity index (χ4v) is 3.22. The van der Waals surface area contributed by atoms with Gasteiger partial charge in [0.05, 0.1) is 6.26 Å². The van der Waals surface area contributed by atoms with Gasteiger partial charge in [-0.25, -0.2) is 0 Å². The summed E-state index contributed by atoms with van der Waals surface area (Å²) in [5.41, 5.74) is 0. The lowest BCUT2D eigenvalue weighted by Crippen LogP contribution is -2.43. The molecule has 2 fully saturated rings. The number of carbonyl (C=O) groups excluding carboxylic acids is 1. The molecule has 3 heteroatoms. The van der Waals surface area contributed by atoms with Crippen molar-refractivity contribution in [2.75, 3.05) is 13.1 Å². The molecule has 1 aromatic heterocycles. The minimum absolute atomic E-state index is 0.192. The van der Waals surface area contributed by atoms with Crippen molar-refractivity contribution in [3.8, 4) is 0 Å². The predicted molar refractivity (Wildman–Crippen MR) is 60.2 cm³/mol. The molecular weight excluding hydrogens is 202 g/mol. The van der Waals surface area contributed by atoms with E-state index >= 15 is 0 Å². The van der Waals surface area contributed by atoms with Crippen LogP contribution in [0.1, 0.15) is 29.8 Å². The Morgan fingerprint density at radius 3 is 2.62 bits per heavy atom. The summed E-state index contributed by atoms with van der Waals surface area (Å²) in [6.07, 6.45) is 4.94. The van der Waals surface area contributed by atoms with Crippen LogP contribution in [0.3, 0.4) is 0 Å². The van der Waals surface area contributed by atoms with Gasteiger partial charge < -0.3 is 9.73 Å². The summed E-state index contributed by atoms with van der Waals surface area (Å²) in [4.78, 5) is 12.2. The van der Waals surface area contributed by atoms with E-state index in [2.05, 4.69) is 5.32 Å². The summed E-state index contributed by atoms with van der Waals surface area (Å²) in [7, 11) is 0. The molecule has 0 spiro atoms. The van der Waals surface area contributed by atoms with Crippen LogP contribution >= 0.6 is 0 Å². The zero-order chi connectivity index (χ0) is 11.0. The number of hydrogen-bond acceptors (Lipinski definition) is 3. The Morgan fingerprint density at radius 2 is 2.00 bits per heavy atom. The van der Waals surface area contributed by atoms with Crippen LogP contribution < -0.4 is 5.32 Å². The first kappa shape index (κ1) is 10.1. The summed E-state index contributed by atoms with van der Waals surface area (Å²) in [6, 6.07) is 3.57. The van der Waals surface area contributed by atoms with E-state index < -0.39 is 0 Å². The van der Waals surface area contributed by atoms with Crippen molar-refractivity contribution in [3.63, 3.8) is 0 Å². The summed E-state index contributed by atoms with van der Waals surface area (Å²) in [6.45, 7) is 2.16. The maximum atomic E-state index is 12.2.